The Hall–Kier alpha value is -1.63. The van der Waals surface area contributed by atoms with Crippen LogP contribution in [0.4, 0.5) is 0 Å². The van der Waals surface area contributed by atoms with Gasteiger partial charge in [0.25, 0.3) is 0 Å². The van der Waals surface area contributed by atoms with Crippen LogP contribution >= 0.6 is 12.4 Å². The van der Waals surface area contributed by atoms with Gasteiger partial charge in [-0.15, -0.1) is 12.4 Å². The molecule has 1 aromatic carbocycles. The predicted molar refractivity (Wildman–Crippen MR) is 83.3 cm³/mol. The molecule has 1 aliphatic rings. The molecule has 0 saturated carbocycles. The van der Waals surface area contributed by atoms with Crippen LogP contribution < -0.4 is 10.1 Å². The van der Waals surface area contributed by atoms with Crippen LogP contribution in [0, 0.1) is 0 Å². The standard InChI is InChI=1S/C15H19N3O3.ClH/c1-19-13-4-2-3-11(7-13)9-20-10-14-17-15(21-18-14)12-5-6-16-8-12;/h2-4,7,12,16H,5-6,8-10H2,1H3;1H/t12-;/m0./s1. The Morgan fingerprint density at radius 3 is 3.05 bits per heavy atom. The molecule has 1 aliphatic heterocycles. The summed E-state index contributed by atoms with van der Waals surface area (Å²) in [7, 11) is 1.65. The van der Waals surface area contributed by atoms with Gasteiger partial charge in [-0.2, -0.15) is 4.98 Å². The summed E-state index contributed by atoms with van der Waals surface area (Å²) in [5.74, 6) is 2.47. The normalized spacial score (nSPS) is 17.2. The largest absolute Gasteiger partial charge is 0.497 e. The predicted octanol–water partition coefficient (Wildman–Crippen LogP) is 2.29. The number of nitrogens with one attached hydrogen (secondary N) is 1. The number of aromatic nitrogens is 2. The van der Waals surface area contributed by atoms with Gasteiger partial charge in [-0.05, 0) is 30.7 Å². The van der Waals surface area contributed by atoms with Crippen molar-refractivity contribution < 1.29 is 14.0 Å². The summed E-state index contributed by atoms with van der Waals surface area (Å²) in [5, 5.41) is 7.25. The number of nitrogens with zero attached hydrogens (tertiary/aromatic N) is 2. The third kappa shape index (κ3) is 4.19. The SMILES string of the molecule is COc1cccc(COCc2noc([C@H]3CCNC3)n2)c1.Cl. The lowest BCUT2D eigenvalue weighted by Gasteiger charge is -2.04. The van der Waals surface area contributed by atoms with Gasteiger partial charge in [-0.3, -0.25) is 0 Å². The van der Waals surface area contributed by atoms with Crippen molar-refractivity contribution in [1.82, 2.24) is 15.5 Å². The molecular formula is C15H20ClN3O3. The van der Waals surface area contributed by atoms with Crippen LogP contribution in [0.25, 0.3) is 0 Å². The highest BCUT2D eigenvalue weighted by atomic mass is 35.5. The third-order valence-corrected chi connectivity index (χ3v) is 3.53. The fourth-order valence-electron chi connectivity index (χ4n) is 2.38. The van der Waals surface area contributed by atoms with Crippen molar-refractivity contribution >= 4 is 12.4 Å². The molecule has 3 rings (SSSR count). The third-order valence-electron chi connectivity index (χ3n) is 3.53. The molecule has 0 radical (unpaired) electrons. The van der Waals surface area contributed by atoms with Gasteiger partial charge in [0.2, 0.25) is 5.89 Å². The summed E-state index contributed by atoms with van der Waals surface area (Å²) in [5.41, 5.74) is 1.05. The first-order valence-electron chi connectivity index (χ1n) is 7.09. The van der Waals surface area contributed by atoms with Gasteiger partial charge in [-0.25, -0.2) is 0 Å². The molecule has 7 heteroatoms. The van der Waals surface area contributed by atoms with Crippen molar-refractivity contribution in [3.8, 4) is 5.75 Å². The Bertz CT molecular complexity index is 585. The molecule has 1 fully saturated rings. The lowest BCUT2D eigenvalue weighted by atomic mass is 10.1. The van der Waals surface area contributed by atoms with Crippen LogP contribution in [0.3, 0.4) is 0 Å². The fraction of sp³-hybridized carbons (Fsp3) is 0.467. The van der Waals surface area contributed by atoms with Crippen LogP contribution in [0.5, 0.6) is 5.75 Å². The average Bonchev–Trinajstić information content (AvgIpc) is 3.18. The topological polar surface area (TPSA) is 69.4 Å². The molecular weight excluding hydrogens is 306 g/mol. The smallest absolute Gasteiger partial charge is 0.231 e. The Balaban J connectivity index is 0.00000176. The highest BCUT2D eigenvalue weighted by Crippen LogP contribution is 2.20. The molecule has 1 aromatic heterocycles. The van der Waals surface area contributed by atoms with E-state index in [0.717, 1.165) is 30.8 Å². The van der Waals surface area contributed by atoms with Crippen LogP contribution in [-0.2, 0) is 18.0 Å². The molecule has 1 N–H and O–H groups in total. The van der Waals surface area contributed by atoms with Crippen LogP contribution in [0.2, 0.25) is 0 Å². The van der Waals surface area contributed by atoms with Crippen LogP contribution in [0.1, 0.15) is 29.6 Å². The second-order valence-corrected chi connectivity index (χ2v) is 5.08. The highest BCUT2D eigenvalue weighted by Gasteiger charge is 2.22. The van der Waals surface area contributed by atoms with Crippen molar-refractivity contribution in [2.75, 3.05) is 20.2 Å². The van der Waals surface area contributed by atoms with Gasteiger partial charge in [-0.1, -0.05) is 17.3 Å². The summed E-state index contributed by atoms with van der Waals surface area (Å²) < 4.78 is 16.1. The Kier molecular flexibility index (Phi) is 6.18. The highest BCUT2D eigenvalue weighted by molar-refractivity contribution is 5.85. The van der Waals surface area contributed by atoms with Gasteiger partial charge in [0.05, 0.1) is 19.6 Å². The summed E-state index contributed by atoms with van der Waals surface area (Å²) >= 11 is 0. The zero-order valence-corrected chi connectivity index (χ0v) is 13.3. The van der Waals surface area contributed by atoms with Gasteiger partial charge in [0, 0.05) is 6.54 Å². The second kappa shape index (κ2) is 8.12. The number of ether oxygens (including phenoxy) is 2. The Morgan fingerprint density at radius 2 is 2.27 bits per heavy atom. The number of hydrogen-bond acceptors (Lipinski definition) is 6. The summed E-state index contributed by atoms with van der Waals surface area (Å²) in [6, 6.07) is 7.79. The maximum Gasteiger partial charge on any atom is 0.231 e. The van der Waals surface area contributed by atoms with E-state index in [0.29, 0.717) is 30.8 Å². The van der Waals surface area contributed by atoms with Crippen molar-refractivity contribution in [3.63, 3.8) is 0 Å². The van der Waals surface area contributed by atoms with Gasteiger partial charge in [0.15, 0.2) is 5.82 Å². The van der Waals surface area contributed by atoms with E-state index in [1.165, 1.54) is 0 Å². The van der Waals surface area contributed by atoms with E-state index >= 15 is 0 Å². The van der Waals surface area contributed by atoms with E-state index < -0.39 is 0 Å². The average molecular weight is 326 g/mol. The molecule has 0 aliphatic carbocycles. The summed E-state index contributed by atoms with van der Waals surface area (Å²) in [6.07, 6.45) is 1.05. The fourth-order valence-corrected chi connectivity index (χ4v) is 2.38. The monoisotopic (exact) mass is 325 g/mol. The van der Waals surface area contributed by atoms with E-state index in [1.807, 2.05) is 24.3 Å². The molecule has 22 heavy (non-hydrogen) atoms. The molecule has 2 heterocycles. The maximum absolute atomic E-state index is 5.63. The molecule has 0 bridgehead atoms. The number of benzene rings is 1. The molecule has 6 nitrogen and oxygen atoms in total. The zero-order valence-electron chi connectivity index (χ0n) is 12.4. The Morgan fingerprint density at radius 1 is 1.36 bits per heavy atom. The van der Waals surface area contributed by atoms with Crippen LogP contribution in [-0.4, -0.2) is 30.3 Å². The molecule has 120 valence electrons. The number of hydrogen-bond donors (Lipinski definition) is 1. The van der Waals surface area contributed by atoms with Crippen molar-refractivity contribution in [1.29, 1.82) is 0 Å². The first kappa shape index (κ1) is 16.7. The van der Waals surface area contributed by atoms with Crippen LogP contribution in [0.15, 0.2) is 28.8 Å². The molecule has 0 unspecified atom stereocenters. The number of rotatable bonds is 6. The minimum atomic E-state index is 0. The Labute approximate surface area is 135 Å². The van der Waals surface area contributed by atoms with E-state index in [1.54, 1.807) is 7.11 Å². The quantitative estimate of drug-likeness (QED) is 0.878. The zero-order chi connectivity index (χ0) is 14.5. The van der Waals surface area contributed by atoms with Gasteiger partial charge in [0.1, 0.15) is 12.4 Å². The molecule has 0 spiro atoms. The van der Waals surface area contributed by atoms with Crippen molar-refractivity contribution in [2.24, 2.45) is 0 Å². The number of halogens is 1. The molecule has 1 atom stereocenters. The number of methoxy groups -OCH3 is 1. The summed E-state index contributed by atoms with van der Waals surface area (Å²) in [4.78, 5) is 4.39. The van der Waals surface area contributed by atoms with Crippen molar-refractivity contribution in [3.05, 3.63) is 41.5 Å². The van der Waals surface area contributed by atoms with E-state index in [-0.39, 0.29) is 12.4 Å². The lowest BCUT2D eigenvalue weighted by Crippen LogP contribution is -2.08. The van der Waals surface area contributed by atoms with Gasteiger partial charge >= 0.3 is 0 Å². The first-order valence-corrected chi connectivity index (χ1v) is 7.09. The van der Waals surface area contributed by atoms with E-state index in [4.69, 9.17) is 14.0 Å². The minimum absolute atomic E-state index is 0. The van der Waals surface area contributed by atoms with Gasteiger partial charge < -0.3 is 19.3 Å². The molecule has 1 saturated heterocycles. The second-order valence-electron chi connectivity index (χ2n) is 5.08. The molecule has 0 amide bonds. The molecule has 2 aromatic rings. The summed E-state index contributed by atoms with van der Waals surface area (Å²) in [6.45, 7) is 2.76. The minimum Gasteiger partial charge on any atom is -0.497 e. The van der Waals surface area contributed by atoms with E-state index in [2.05, 4.69) is 15.5 Å². The maximum atomic E-state index is 5.63. The van der Waals surface area contributed by atoms with Crippen molar-refractivity contribution in [2.45, 2.75) is 25.6 Å². The first-order chi connectivity index (χ1) is 10.3. The lowest BCUT2D eigenvalue weighted by molar-refractivity contribution is 0.0998. The van der Waals surface area contributed by atoms with E-state index in [9.17, 15) is 0 Å².